The van der Waals surface area contributed by atoms with E-state index in [-0.39, 0.29) is 12.5 Å². The summed E-state index contributed by atoms with van der Waals surface area (Å²) in [7, 11) is 1.77. The third-order valence-corrected chi connectivity index (χ3v) is 4.71. The summed E-state index contributed by atoms with van der Waals surface area (Å²) >= 11 is 1.16. The third kappa shape index (κ3) is 3.34. The molecule has 7 heteroatoms. The van der Waals surface area contributed by atoms with E-state index in [1.807, 2.05) is 36.4 Å². The smallest absolute Gasteiger partial charge is 0.260 e. The van der Waals surface area contributed by atoms with Crippen LogP contribution in [-0.4, -0.2) is 38.2 Å². The maximum absolute atomic E-state index is 12.4. The van der Waals surface area contributed by atoms with Crippen molar-refractivity contribution in [3.63, 3.8) is 0 Å². The number of amides is 1. The number of carbonyl (C=O) groups is 1. The molecule has 0 aliphatic carbocycles. The van der Waals surface area contributed by atoms with E-state index in [0.29, 0.717) is 12.3 Å². The number of rotatable bonds is 5. The predicted octanol–water partition coefficient (Wildman–Crippen LogP) is 3.28. The van der Waals surface area contributed by atoms with Gasteiger partial charge >= 0.3 is 0 Å². The molecule has 26 heavy (non-hydrogen) atoms. The molecular weight excluding hydrogens is 348 g/mol. The fourth-order valence-electron chi connectivity index (χ4n) is 2.76. The first-order valence-electron chi connectivity index (χ1n) is 8.12. The molecule has 0 atom stereocenters. The Bertz CT molecular complexity index is 1070. The number of nitrogens with zero attached hydrogens (tertiary/aromatic N) is 4. The first-order valence-corrected chi connectivity index (χ1v) is 8.85. The molecule has 2 heterocycles. The van der Waals surface area contributed by atoms with E-state index in [9.17, 15) is 4.79 Å². The molecule has 0 bridgehead atoms. The Morgan fingerprint density at radius 1 is 1.08 bits per heavy atom. The van der Waals surface area contributed by atoms with Gasteiger partial charge in [-0.1, -0.05) is 18.2 Å². The highest BCUT2D eigenvalue weighted by molar-refractivity contribution is 7.00. The van der Waals surface area contributed by atoms with Crippen molar-refractivity contribution < 1.29 is 9.53 Å². The average Bonchev–Trinajstić information content (AvgIpc) is 3.14. The number of pyridine rings is 1. The molecular formula is C19H16N4O2S. The molecule has 4 rings (SSSR count). The summed E-state index contributed by atoms with van der Waals surface area (Å²) in [5, 5.41) is 1.05. The van der Waals surface area contributed by atoms with Gasteiger partial charge in [0.05, 0.1) is 17.2 Å². The highest BCUT2D eigenvalue weighted by Crippen LogP contribution is 2.20. The van der Waals surface area contributed by atoms with E-state index >= 15 is 0 Å². The van der Waals surface area contributed by atoms with Crippen molar-refractivity contribution in [1.82, 2.24) is 18.6 Å². The number of hydrogen-bond donors (Lipinski definition) is 0. The van der Waals surface area contributed by atoms with Gasteiger partial charge in [-0.3, -0.25) is 9.78 Å². The molecule has 0 N–H and O–H groups in total. The SMILES string of the molecule is CN(Cc1cccc2ncccc12)C(=O)COc1ccc2nsnc2c1. The first kappa shape index (κ1) is 16.4. The van der Waals surface area contributed by atoms with Gasteiger partial charge in [-0.05, 0) is 29.8 Å². The van der Waals surface area contributed by atoms with Crippen LogP contribution in [0.4, 0.5) is 0 Å². The summed E-state index contributed by atoms with van der Waals surface area (Å²) in [6.45, 7) is 0.475. The lowest BCUT2D eigenvalue weighted by Crippen LogP contribution is -2.31. The van der Waals surface area contributed by atoms with Crippen molar-refractivity contribution in [1.29, 1.82) is 0 Å². The minimum Gasteiger partial charge on any atom is -0.484 e. The fraction of sp³-hybridized carbons (Fsp3) is 0.158. The van der Waals surface area contributed by atoms with Crippen LogP contribution in [0.5, 0.6) is 5.75 Å². The second kappa shape index (κ2) is 7.05. The Kier molecular flexibility index (Phi) is 4.45. The molecule has 130 valence electrons. The van der Waals surface area contributed by atoms with E-state index in [1.165, 1.54) is 0 Å². The molecule has 6 nitrogen and oxygen atoms in total. The predicted molar refractivity (Wildman–Crippen MR) is 101 cm³/mol. The van der Waals surface area contributed by atoms with Gasteiger partial charge in [-0.25, -0.2) is 0 Å². The van der Waals surface area contributed by atoms with Crippen LogP contribution >= 0.6 is 11.7 Å². The highest BCUT2D eigenvalue weighted by atomic mass is 32.1. The van der Waals surface area contributed by atoms with Crippen LogP contribution in [0.3, 0.4) is 0 Å². The van der Waals surface area contributed by atoms with Gasteiger partial charge in [0, 0.05) is 31.2 Å². The molecule has 4 aromatic rings. The zero-order valence-electron chi connectivity index (χ0n) is 14.1. The average molecular weight is 364 g/mol. The number of hydrogen-bond acceptors (Lipinski definition) is 6. The maximum atomic E-state index is 12.4. The van der Waals surface area contributed by atoms with Crippen molar-refractivity contribution >= 4 is 39.6 Å². The van der Waals surface area contributed by atoms with Crippen molar-refractivity contribution in [2.75, 3.05) is 13.7 Å². The molecule has 0 spiro atoms. The Hall–Kier alpha value is -3.06. The maximum Gasteiger partial charge on any atom is 0.260 e. The number of carbonyl (C=O) groups excluding carboxylic acids is 1. The van der Waals surface area contributed by atoms with Crippen LogP contribution in [0.2, 0.25) is 0 Å². The lowest BCUT2D eigenvalue weighted by molar-refractivity contribution is -0.132. The van der Waals surface area contributed by atoms with Crippen molar-refractivity contribution in [2.45, 2.75) is 6.54 Å². The Morgan fingerprint density at radius 3 is 2.88 bits per heavy atom. The van der Waals surface area contributed by atoms with E-state index < -0.39 is 0 Å². The van der Waals surface area contributed by atoms with Crippen molar-refractivity contribution in [3.8, 4) is 5.75 Å². The van der Waals surface area contributed by atoms with Gasteiger partial charge in [0.1, 0.15) is 16.8 Å². The molecule has 2 aromatic heterocycles. The van der Waals surface area contributed by atoms with E-state index in [0.717, 1.165) is 39.2 Å². The summed E-state index contributed by atoms with van der Waals surface area (Å²) in [6.07, 6.45) is 1.77. The van der Waals surface area contributed by atoms with Crippen LogP contribution in [0.25, 0.3) is 21.9 Å². The Labute approximate surface area is 154 Å². The van der Waals surface area contributed by atoms with Gasteiger partial charge in [0.2, 0.25) is 0 Å². The van der Waals surface area contributed by atoms with Gasteiger partial charge < -0.3 is 9.64 Å². The Morgan fingerprint density at radius 2 is 1.96 bits per heavy atom. The quantitative estimate of drug-likeness (QED) is 0.544. The minimum absolute atomic E-state index is 0.0252. The molecule has 1 amide bonds. The summed E-state index contributed by atoms with van der Waals surface area (Å²) < 4.78 is 14.0. The van der Waals surface area contributed by atoms with Gasteiger partial charge in [-0.2, -0.15) is 8.75 Å². The van der Waals surface area contributed by atoms with E-state index in [2.05, 4.69) is 13.7 Å². The van der Waals surface area contributed by atoms with E-state index in [4.69, 9.17) is 4.74 Å². The molecule has 2 aromatic carbocycles. The molecule has 0 saturated carbocycles. The zero-order chi connectivity index (χ0) is 17.9. The molecule has 0 unspecified atom stereocenters. The van der Waals surface area contributed by atoms with Gasteiger partial charge in [0.15, 0.2) is 6.61 Å². The summed E-state index contributed by atoms with van der Waals surface area (Å²) in [4.78, 5) is 18.4. The summed E-state index contributed by atoms with van der Waals surface area (Å²) in [5.74, 6) is 0.517. The summed E-state index contributed by atoms with van der Waals surface area (Å²) in [5.41, 5.74) is 3.58. The molecule has 0 saturated heterocycles. The second-order valence-corrected chi connectivity index (χ2v) is 6.47. The van der Waals surface area contributed by atoms with Crippen LogP contribution in [0, 0.1) is 0 Å². The van der Waals surface area contributed by atoms with Crippen LogP contribution in [0.15, 0.2) is 54.7 Å². The van der Waals surface area contributed by atoms with Crippen LogP contribution in [0.1, 0.15) is 5.56 Å². The number of likely N-dealkylation sites (N-methyl/N-ethyl adjacent to an activating group) is 1. The van der Waals surface area contributed by atoms with Gasteiger partial charge in [-0.15, -0.1) is 0 Å². The molecule has 0 aliphatic heterocycles. The van der Waals surface area contributed by atoms with Crippen LogP contribution in [-0.2, 0) is 11.3 Å². The van der Waals surface area contributed by atoms with Crippen molar-refractivity contribution in [3.05, 3.63) is 60.3 Å². The number of fused-ring (bicyclic) bond motifs is 2. The molecule has 0 aliphatic rings. The zero-order valence-corrected chi connectivity index (χ0v) is 14.9. The number of ether oxygens (including phenoxy) is 1. The monoisotopic (exact) mass is 364 g/mol. The largest absolute Gasteiger partial charge is 0.484 e. The fourth-order valence-corrected chi connectivity index (χ4v) is 3.27. The standard InChI is InChI=1S/C19H16N4O2S/c1-23(11-13-4-2-6-16-15(13)5-3-9-20-16)19(24)12-25-14-7-8-17-18(10-14)22-26-21-17/h2-10H,11-12H2,1H3. The van der Waals surface area contributed by atoms with Crippen LogP contribution < -0.4 is 4.74 Å². The third-order valence-electron chi connectivity index (χ3n) is 4.16. The summed E-state index contributed by atoms with van der Waals surface area (Å²) in [6, 6.07) is 15.3. The lowest BCUT2D eigenvalue weighted by atomic mass is 10.1. The number of benzene rings is 2. The second-order valence-electron chi connectivity index (χ2n) is 5.94. The Balaban J connectivity index is 1.42. The highest BCUT2D eigenvalue weighted by Gasteiger charge is 2.12. The first-order chi connectivity index (χ1) is 12.7. The lowest BCUT2D eigenvalue weighted by Gasteiger charge is -2.18. The normalized spacial score (nSPS) is 11.0. The molecule has 0 fully saturated rings. The minimum atomic E-state index is -0.0950. The topological polar surface area (TPSA) is 68.2 Å². The van der Waals surface area contributed by atoms with Crippen molar-refractivity contribution in [2.24, 2.45) is 0 Å². The number of aromatic nitrogens is 3. The molecule has 0 radical (unpaired) electrons. The van der Waals surface area contributed by atoms with E-state index in [1.54, 1.807) is 30.3 Å². The van der Waals surface area contributed by atoms with Gasteiger partial charge in [0.25, 0.3) is 5.91 Å².